The number of Topliss-reactive ketones (excluding diaryl/α,β-unsaturated/α-hetero) is 1. The van der Waals surface area contributed by atoms with E-state index in [2.05, 4.69) is 6.58 Å². The van der Waals surface area contributed by atoms with Gasteiger partial charge in [-0.15, -0.1) is 0 Å². The molecule has 1 saturated heterocycles. The molecule has 0 radical (unpaired) electrons. The van der Waals surface area contributed by atoms with Crippen LogP contribution in [0.15, 0.2) is 72.8 Å². The molecule has 4 aromatic rings. The number of carbonyl (C=O) groups excluding carboxylic acids is 2. The molecule has 39 heavy (non-hydrogen) atoms. The fraction of sp³-hybridized carbons (Fsp3) is 0.194. The van der Waals surface area contributed by atoms with E-state index in [1.165, 1.54) is 16.2 Å². The summed E-state index contributed by atoms with van der Waals surface area (Å²) in [7, 11) is 1.57. The van der Waals surface area contributed by atoms with Crippen molar-refractivity contribution >= 4 is 44.1 Å². The molecule has 5 rings (SSSR count). The highest BCUT2D eigenvalue weighted by Gasteiger charge is 2.48. The number of ketones is 1. The van der Waals surface area contributed by atoms with Crippen molar-refractivity contribution < 1.29 is 24.2 Å². The molecule has 1 fully saturated rings. The number of benzene rings is 3. The molecule has 1 aliphatic heterocycles. The van der Waals surface area contributed by atoms with Gasteiger partial charge in [-0.1, -0.05) is 42.2 Å². The zero-order valence-corrected chi connectivity index (χ0v) is 23.0. The van der Waals surface area contributed by atoms with Gasteiger partial charge in [0.15, 0.2) is 5.13 Å². The Morgan fingerprint density at radius 3 is 2.62 bits per heavy atom. The molecule has 1 aliphatic rings. The summed E-state index contributed by atoms with van der Waals surface area (Å²) in [5, 5.41) is 11.9. The molecule has 1 unspecified atom stereocenters. The quantitative estimate of drug-likeness (QED) is 0.126. The maximum atomic E-state index is 13.6. The van der Waals surface area contributed by atoms with Gasteiger partial charge in [0.1, 0.15) is 23.9 Å². The van der Waals surface area contributed by atoms with E-state index in [0.29, 0.717) is 34.4 Å². The molecule has 0 spiro atoms. The van der Waals surface area contributed by atoms with E-state index in [1.54, 1.807) is 55.7 Å². The Labute approximate surface area is 230 Å². The first-order chi connectivity index (χ1) is 18.7. The molecule has 8 heteroatoms. The van der Waals surface area contributed by atoms with Gasteiger partial charge in [-0.2, -0.15) is 0 Å². The second-order valence-corrected chi connectivity index (χ2v) is 10.5. The maximum absolute atomic E-state index is 13.6. The predicted molar refractivity (Wildman–Crippen MR) is 154 cm³/mol. The standard InChI is InChI=1S/C31H28N2O5S/c1-6-12-38-22-9-7-8-20(16-22)27-25(28(34)21-10-11-23(37-5)18(3)15-21)29(35)30(36)33(27)31-32-26-19(4)13-17(2)14-24(26)39-31/h6-11,13-16,27,34H,1,12H2,2-5H3/b28-25+. The minimum absolute atomic E-state index is 0.0161. The Morgan fingerprint density at radius 1 is 1.10 bits per heavy atom. The van der Waals surface area contributed by atoms with Crippen molar-refractivity contribution in [2.75, 3.05) is 18.6 Å². The van der Waals surface area contributed by atoms with Crippen molar-refractivity contribution in [3.05, 3.63) is 101 Å². The van der Waals surface area contributed by atoms with Crippen molar-refractivity contribution in [3.8, 4) is 11.5 Å². The van der Waals surface area contributed by atoms with Crippen LogP contribution >= 0.6 is 11.3 Å². The molecule has 0 saturated carbocycles. The van der Waals surface area contributed by atoms with Crippen LogP contribution in [0.1, 0.15) is 33.9 Å². The van der Waals surface area contributed by atoms with Crippen LogP contribution in [0, 0.1) is 20.8 Å². The Hall–Kier alpha value is -4.43. The van der Waals surface area contributed by atoms with Crippen molar-refractivity contribution in [2.45, 2.75) is 26.8 Å². The summed E-state index contributed by atoms with van der Waals surface area (Å²) in [6.07, 6.45) is 1.64. The van der Waals surface area contributed by atoms with Gasteiger partial charge in [-0.25, -0.2) is 4.98 Å². The number of nitrogens with zero attached hydrogens (tertiary/aromatic N) is 2. The molecule has 1 aromatic heterocycles. The van der Waals surface area contributed by atoms with Crippen LogP contribution in [0.5, 0.6) is 11.5 Å². The SMILES string of the molecule is C=CCOc1cccc(C2/C(=C(\O)c3ccc(OC)c(C)c3)C(=O)C(=O)N2c2nc3c(C)cc(C)cc3s2)c1. The van der Waals surface area contributed by atoms with Gasteiger partial charge in [0.25, 0.3) is 5.78 Å². The number of aromatic nitrogens is 1. The van der Waals surface area contributed by atoms with Crippen LogP contribution in [0.2, 0.25) is 0 Å². The van der Waals surface area contributed by atoms with Gasteiger partial charge in [0, 0.05) is 5.56 Å². The zero-order chi connectivity index (χ0) is 27.8. The minimum Gasteiger partial charge on any atom is -0.507 e. The Bertz CT molecular complexity index is 1670. The number of aliphatic hydroxyl groups excluding tert-OH is 1. The number of methoxy groups -OCH3 is 1. The van der Waals surface area contributed by atoms with Gasteiger partial charge in [-0.05, 0) is 79.4 Å². The summed E-state index contributed by atoms with van der Waals surface area (Å²) in [6, 6.07) is 15.4. The number of carbonyl (C=O) groups is 2. The Morgan fingerprint density at radius 2 is 1.90 bits per heavy atom. The first-order valence-electron chi connectivity index (χ1n) is 12.4. The number of fused-ring (bicyclic) bond motifs is 1. The fourth-order valence-corrected chi connectivity index (χ4v) is 6.09. The highest BCUT2D eigenvalue weighted by atomic mass is 32.1. The van der Waals surface area contributed by atoms with E-state index in [0.717, 1.165) is 26.9 Å². The van der Waals surface area contributed by atoms with Gasteiger partial charge >= 0.3 is 5.91 Å². The molecule has 3 aromatic carbocycles. The van der Waals surface area contributed by atoms with Crippen LogP contribution < -0.4 is 14.4 Å². The number of anilines is 1. The number of amides is 1. The maximum Gasteiger partial charge on any atom is 0.301 e. The second-order valence-electron chi connectivity index (χ2n) is 9.45. The lowest BCUT2D eigenvalue weighted by Crippen LogP contribution is -2.29. The van der Waals surface area contributed by atoms with Crippen molar-refractivity contribution in [3.63, 3.8) is 0 Å². The summed E-state index contributed by atoms with van der Waals surface area (Å²) in [4.78, 5) is 33.4. The molecule has 0 aliphatic carbocycles. The molecule has 7 nitrogen and oxygen atoms in total. The van der Waals surface area contributed by atoms with Gasteiger partial charge < -0.3 is 14.6 Å². The molecular formula is C31H28N2O5S. The topological polar surface area (TPSA) is 89.0 Å². The highest BCUT2D eigenvalue weighted by Crippen LogP contribution is 2.45. The smallest absolute Gasteiger partial charge is 0.301 e. The Balaban J connectivity index is 1.73. The second kappa shape index (κ2) is 10.4. The van der Waals surface area contributed by atoms with Gasteiger partial charge in [-0.3, -0.25) is 14.5 Å². The lowest BCUT2D eigenvalue weighted by molar-refractivity contribution is -0.132. The number of thiazole rings is 1. The summed E-state index contributed by atoms with van der Waals surface area (Å²) in [5.74, 6) is -0.602. The molecular weight excluding hydrogens is 512 g/mol. The third kappa shape index (κ3) is 4.68. The summed E-state index contributed by atoms with van der Waals surface area (Å²) < 4.78 is 12.0. The first-order valence-corrected chi connectivity index (χ1v) is 13.2. The van der Waals surface area contributed by atoms with Gasteiger partial charge in [0.2, 0.25) is 0 Å². The third-order valence-corrected chi connectivity index (χ3v) is 7.68. The van der Waals surface area contributed by atoms with Crippen molar-refractivity contribution in [1.82, 2.24) is 4.98 Å². The van der Waals surface area contributed by atoms with Crippen LogP contribution in [-0.2, 0) is 9.59 Å². The molecule has 1 N–H and O–H groups in total. The molecule has 1 atom stereocenters. The van der Waals surface area contributed by atoms with Crippen LogP contribution in [-0.4, -0.2) is 35.5 Å². The summed E-state index contributed by atoms with van der Waals surface area (Å²) in [5.41, 5.74) is 4.61. The zero-order valence-electron chi connectivity index (χ0n) is 22.1. The highest BCUT2D eigenvalue weighted by molar-refractivity contribution is 7.22. The minimum atomic E-state index is -0.915. The number of hydrogen-bond acceptors (Lipinski definition) is 7. The predicted octanol–water partition coefficient (Wildman–Crippen LogP) is 6.42. The molecule has 0 bridgehead atoms. The first kappa shape index (κ1) is 26.2. The number of rotatable bonds is 7. The van der Waals surface area contributed by atoms with Crippen LogP contribution in [0.4, 0.5) is 5.13 Å². The number of aliphatic hydroxyl groups is 1. The Kier molecular flexibility index (Phi) is 6.97. The van der Waals surface area contributed by atoms with E-state index in [-0.39, 0.29) is 11.3 Å². The molecule has 1 amide bonds. The fourth-order valence-electron chi connectivity index (χ4n) is 4.92. The lowest BCUT2D eigenvalue weighted by Gasteiger charge is -2.23. The lowest BCUT2D eigenvalue weighted by atomic mass is 9.94. The average Bonchev–Trinajstić information content (AvgIpc) is 3.45. The van der Waals surface area contributed by atoms with E-state index >= 15 is 0 Å². The normalized spacial score (nSPS) is 16.6. The number of ether oxygens (including phenoxy) is 2. The molecule has 2 heterocycles. The van der Waals surface area contributed by atoms with E-state index in [1.807, 2.05) is 32.9 Å². The van der Waals surface area contributed by atoms with Gasteiger partial charge in [0.05, 0.1) is 28.9 Å². The monoisotopic (exact) mass is 540 g/mol. The third-order valence-electron chi connectivity index (χ3n) is 6.68. The molecule has 198 valence electrons. The van der Waals surface area contributed by atoms with E-state index < -0.39 is 17.7 Å². The average molecular weight is 541 g/mol. The number of hydrogen-bond donors (Lipinski definition) is 1. The van der Waals surface area contributed by atoms with E-state index in [9.17, 15) is 14.7 Å². The van der Waals surface area contributed by atoms with Crippen LogP contribution in [0.3, 0.4) is 0 Å². The summed E-state index contributed by atoms with van der Waals surface area (Å²) >= 11 is 1.34. The number of aryl methyl sites for hydroxylation is 3. The summed E-state index contributed by atoms with van der Waals surface area (Å²) in [6.45, 7) is 9.80. The van der Waals surface area contributed by atoms with Crippen LogP contribution in [0.25, 0.3) is 16.0 Å². The van der Waals surface area contributed by atoms with Crippen molar-refractivity contribution in [2.24, 2.45) is 0 Å². The largest absolute Gasteiger partial charge is 0.507 e. The van der Waals surface area contributed by atoms with E-state index in [4.69, 9.17) is 14.5 Å². The van der Waals surface area contributed by atoms with Crippen molar-refractivity contribution in [1.29, 1.82) is 0 Å².